The van der Waals surface area contributed by atoms with Gasteiger partial charge in [-0.2, -0.15) is 0 Å². The molecule has 0 amide bonds. The summed E-state index contributed by atoms with van der Waals surface area (Å²) in [4.78, 5) is 0. The summed E-state index contributed by atoms with van der Waals surface area (Å²) in [5.74, 6) is 0.110. The van der Waals surface area contributed by atoms with Crippen LogP contribution in [0.5, 0.6) is 0 Å². The first-order valence-corrected chi connectivity index (χ1v) is 5.98. The van der Waals surface area contributed by atoms with Gasteiger partial charge >= 0.3 is 0 Å². The molecule has 88 valence electrons. The van der Waals surface area contributed by atoms with E-state index in [4.69, 9.17) is 0 Å². The predicted octanol–water partition coefficient (Wildman–Crippen LogP) is 3.83. The van der Waals surface area contributed by atoms with E-state index in [1.807, 2.05) is 42.5 Å². The molecule has 0 saturated carbocycles. The molecule has 0 radical (unpaired) electrons. The molecule has 2 atom stereocenters. The topological polar surface area (TPSA) is 20.2 Å². The molecule has 1 nitrogen and oxygen atoms in total. The molecule has 0 aromatic heterocycles. The van der Waals surface area contributed by atoms with Gasteiger partial charge in [0.1, 0.15) is 0 Å². The highest BCUT2D eigenvalue weighted by molar-refractivity contribution is 5.32. The zero-order chi connectivity index (χ0) is 12.3. The summed E-state index contributed by atoms with van der Waals surface area (Å²) in [6.07, 6.45) is -0.447. The molecule has 0 unspecified atom stereocenters. The molecule has 2 rings (SSSR count). The smallest absolute Gasteiger partial charge is 0.0855 e. The van der Waals surface area contributed by atoms with Gasteiger partial charge in [0.15, 0.2) is 0 Å². The van der Waals surface area contributed by atoms with Crippen LogP contribution in [0.25, 0.3) is 0 Å². The van der Waals surface area contributed by atoms with Gasteiger partial charge in [-0.3, -0.25) is 0 Å². The first kappa shape index (κ1) is 11.9. The third-order valence-electron chi connectivity index (χ3n) is 3.29. The SMILES string of the molecule is Cc1ccccc1[C@@H](C)[C@@H](O)c1ccccc1. The Kier molecular flexibility index (Phi) is 3.60. The van der Waals surface area contributed by atoms with Crippen LogP contribution in [0.4, 0.5) is 0 Å². The minimum atomic E-state index is -0.447. The van der Waals surface area contributed by atoms with E-state index >= 15 is 0 Å². The molecular formula is C16H18O. The lowest BCUT2D eigenvalue weighted by molar-refractivity contribution is 0.151. The lowest BCUT2D eigenvalue weighted by Gasteiger charge is -2.21. The minimum Gasteiger partial charge on any atom is -0.388 e. The van der Waals surface area contributed by atoms with Crippen molar-refractivity contribution >= 4 is 0 Å². The van der Waals surface area contributed by atoms with Gasteiger partial charge in [-0.15, -0.1) is 0 Å². The maximum absolute atomic E-state index is 10.4. The van der Waals surface area contributed by atoms with Gasteiger partial charge in [-0.25, -0.2) is 0 Å². The Bertz CT molecular complexity index is 476. The minimum absolute atomic E-state index is 0.110. The van der Waals surface area contributed by atoms with Crippen LogP contribution in [-0.2, 0) is 0 Å². The Hall–Kier alpha value is -1.60. The number of hydrogen-bond donors (Lipinski definition) is 1. The quantitative estimate of drug-likeness (QED) is 0.843. The van der Waals surface area contributed by atoms with Crippen LogP contribution in [0.1, 0.15) is 35.6 Å². The number of aliphatic hydroxyl groups excluding tert-OH is 1. The van der Waals surface area contributed by atoms with Crippen LogP contribution in [-0.4, -0.2) is 5.11 Å². The van der Waals surface area contributed by atoms with E-state index in [-0.39, 0.29) is 5.92 Å². The first-order valence-electron chi connectivity index (χ1n) is 5.98. The zero-order valence-electron chi connectivity index (χ0n) is 10.3. The van der Waals surface area contributed by atoms with Gasteiger partial charge < -0.3 is 5.11 Å². The number of rotatable bonds is 3. The maximum atomic E-state index is 10.4. The summed E-state index contributed by atoms with van der Waals surface area (Å²) in [6, 6.07) is 18.1. The third kappa shape index (κ3) is 2.56. The molecule has 0 aliphatic rings. The lowest BCUT2D eigenvalue weighted by atomic mass is 9.88. The van der Waals surface area contributed by atoms with E-state index in [9.17, 15) is 5.11 Å². The highest BCUT2D eigenvalue weighted by atomic mass is 16.3. The highest BCUT2D eigenvalue weighted by Gasteiger charge is 2.18. The van der Waals surface area contributed by atoms with Crippen molar-refractivity contribution in [3.8, 4) is 0 Å². The summed E-state index contributed by atoms with van der Waals surface area (Å²) < 4.78 is 0. The fourth-order valence-electron chi connectivity index (χ4n) is 2.21. The normalized spacial score (nSPS) is 14.3. The molecule has 17 heavy (non-hydrogen) atoms. The van der Waals surface area contributed by atoms with Gasteiger partial charge in [0, 0.05) is 5.92 Å². The zero-order valence-corrected chi connectivity index (χ0v) is 10.3. The fraction of sp³-hybridized carbons (Fsp3) is 0.250. The Morgan fingerprint density at radius 3 is 2.12 bits per heavy atom. The predicted molar refractivity (Wildman–Crippen MR) is 71.0 cm³/mol. The molecule has 0 fully saturated rings. The first-order chi connectivity index (χ1) is 8.20. The molecule has 0 heterocycles. The van der Waals surface area contributed by atoms with Crippen LogP contribution in [0.3, 0.4) is 0 Å². The highest BCUT2D eigenvalue weighted by Crippen LogP contribution is 2.31. The van der Waals surface area contributed by atoms with Crippen molar-refractivity contribution in [1.82, 2.24) is 0 Å². The number of hydrogen-bond acceptors (Lipinski definition) is 1. The summed E-state index contributed by atoms with van der Waals surface area (Å²) in [5, 5.41) is 10.4. The van der Waals surface area contributed by atoms with Gasteiger partial charge in [-0.1, -0.05) is 61.5 Å². The van der Waals surface area contributed by atoms with Crippen LogP contribution in [0.15, 0.2) is 54.6 Å². The second-order valence-corrected chi connectivity index (χ2v) is 4.50. The molecule has 0 aliphatic carbocycles. The Morgan fingerprint density at radius 1 is 0.882 bits per heavy atom. The van der Waals surface area contributed by atoms with Crippen LogP contribution in [0.2, 0.25) is 0 Å². The van der Waals surface area contributed by atoms with Crippen LogP contribution >= 0.6 is 0 Å². The van der Waals surface area contributed by atoms with E-state index < -0.39 is 6.10 Å². The molecule has 1 heteroatoms. The molecule has 2 aromatic carbocycles. The molecular weight excluding hydrogens is 208 g/mol. The number of aryl methyl sites for hydroxylation is 1. The average molecular weight is 226 g/mol. The fourth-order valence-corrected chi connectivity index (χ4v) is 2.21. The van der Waals surface area contributed by atoms with E-state index in [1.54, 1.807) is 0 Å². The molecule has 0 spiro atoms. The van der Waals surface area contributed by atoms with Gasteiger partial charge in [-0.05, 0) is 23.6 Å². The molecule has 0 aliphatic heterocycles. The van der Waals surface area contributed by atoms with Crippen molar-refractivity contribution in [1.29, 1.82) is 0 Å². The van der Waals surface area contributed by atoms with Crippen molar-refractivity contribution < 1.29 is 5.11 Å². The summed E-state index contributed by atoms with van der Waals surface area (Å²) in [6.45, 7) is 4.16. The van der Waals surface area contributed by atoms with E-state index in [0.717, 1.165) is 5.56 Å². The van der Waals surface area contributed by atoms with Crippen molar-refractivity contribution in [2.24, 2.45) is 0 Å². The largest absolute Gasteiger partial charge is 0.388 e. The van der Waals surface area contributed by atoms with Gasteiger partial charge in [0.05, 0.1) is 6.10 Å². The van der Waals surface area contributed by atoms with E-state index in [1.165, 1.54) is 11.1 Å². The average Bonchev–Trinajstić information content (AvgIpc) is 2.39. The molecule has 0 bridgehead atoms. The van der Waals surface area contributed by atoms with Crippen molar-refractivity contribution in [3.63, 3.8) is 0 Å². The van der Waals surface area contributed by atoms with E-state index in [0.29, 0.717) is 0 Å². The van der Waals surface area contributed by atoms with Gasteiger partial charge in [0.2, 0.25) is 0 Å². The molecule has 2 aromatic rings. The van der Waals surface area contributed by atoms with E-state index in [2.05, 4.69) is 26.0 Å². The van der Waals surface area contributed by atoms with Crippen molar-refractivity contribution in [2.75, 3.05) is 0 Å². The second-order valence-electron chi connectivity index (χ2n) is 4.50. The summed E-state index contributed by atoms with van der Waals surface area (Å²) in [5.41, 5.74) is 3.42. The second kappa shape index (κ2) is 5.15. The summed E-state index contributed by atoms with van der Waals surface area (Å²) >= 11 is 0. The molecule has 1 N–H and O–H groups in total. The Labute approximate surface area is 103 Å². The number of benzene rings is 2. The summed E-state index contributed by atoms with van der Waals surface area (Å²) in [7, 11) is 0. The molecule has 0 saturated heterocycles. The van der Waals surface area contributed by atoms with Crippen molar-refractivity contribution in [2.45, 2.75) is 25.9 Å². The van der Waals surface area contributed by atoms with Gasteiger partial charge in [0.25, 0.3) is 0 Å². The lowest BCUT2D eigenvalue weighted by Crippen LogP contribution is -2.08. The van der Waals surface area contributed by atoms with Crippen molar-refractivity contribution in [3.05, 3.63) is 71.3 Å². The van der Waals surface area contributed by atoms with Crippen LogP contribution in [0, 0.1) is 6.92 Å². The van der Waals surface area contributed by atoms with Crippen LogP contribution < -0.4 is 0 Å². The standard InChI is InChI=1S/C16H18O/c1-12-8-6-7-11-15(12)13(2)16(17)14-9-4-3-5-10-14/h3-11,13,16-17H,1-2H3/t13-,16-/m1/s1. The Balaban J connectivity index is 2.27. The number of aliphatic hydroxyl groups is 1. The monoisotopic (exact) mass is 226 g/mol. The maximum Gasteiger partial charge on any atom is 0.0855 e. The third-order valence-corrected chi connectivity index (χ3v) is 3.29. The Morgan fingerprint density at radius 2 is 1.47 bits per heavy atom.